The zero-order valence-electron chi connectivity index (χ0n) is 10.2. The van der Waals surface area contributed by atoms with Crippen molar-refractivity contribution in [1.29, 1.82) is 0 Å². The first-order chi connectivity index (χ1) is 8.24. The van der Waals surface area contributed by atoms with E-state index in [1.54, 1.807) is 12.1 Å². The molecule has 17 heavy (non-hydrogen) atoms. The lowest BCUT2D eigenvalue weighted by Crippen LogP contribution is -2.27. The first-order valence-electron chi connectivity index (χ1n) is 6.13. The molecule has 0 aliphatic heterocycles. The van der Waals surface area contributed by atoms with Crippen LogP contribution in [0.2, 0.25) is 0 Å². The van der Waals surface area contributed by atoms with Gasteiger partial charge in [-0.3, -0.25) is 4.79 Å². The maximum atomic E-state index is 11.8. The van der Waals surface area contributed by atoms with Crippen molar-refractivity contribution in [2.45, 2.75) is 32.7 Å². The molecular formula is C12H18N4O. The summed E-state index contributed by atoms with van der Waals surface area (Å²) in [6.45, 7) is 4.92. The number of amides is 1. The quantitative estimate of drug-likeness (QED) is 0.809. The molecule has 2 unspecified atom stereocenters. The van der Waals surface area contributed by atoms with Gasteiger partial charge >= 0.3 is 0 Å². The number of hydrogen-bond acceptors (Lipinski definition) is 4. The van der Waals surface area contributed by atoms with Gasteiger partial charge in [0, 0.05) is 12.6 Å². The fraction of sp³-hybridized carbons (Fsp3) is 0.583. The second kappa shape index (κ2) is 5.12. The summed E-state index contributed by atoms with van der Waals surface area (Å²) in [6, 6.07) is 3.81. The van der Waals surface area contributed by atoms with Crippen molar-refractivity contribution in [1.82, 2.24) is 15.5 Å². The molecule has 5 nitrogen and oxygen atoms in total. The van der Waals surface area contributed by atoms with Gasteiger partial charge in [0.2, 0.25) is 0 Å². The van der Waals surface area contributed by atoms with Crippen molar-refractivity contribution < 1.29 is 4.79 Å². The molecule has 0 bridgehead atoms. The molecule has 2 rings (SSSR count). The summed E-state index contributed by atoms with van der Waals surface area (Å²) in [6.07, 6.45) is 2.21. The molecule has 1 fully saturated rings. The largest absolute Gasteiger partial charge is 0.369 e. The molecule has 1 saturated carbocycles. The average molecular weight is 234 g/mol. The SMILES string of the molecule is CCNc1ccc(C(=O)NC2CC2CC)nn1. The zero-order chi connectivity index (χ0) is 12.3. The number of aromatic nitrogens is 2. The number of anilines is 1. The summed E-state index contributed by atoms with van der Waals surface area (Å²) in [7, 11) is 0. The molecule has 0 radical (unpaired) electrons. The summed E-state index contributed by atoms with van der Waals surface area (Å²) in [4.78, 5) is 11.8. The highest BCUT2D eigenvalue weighted by Crippen LogP contribution is 2.33. The van der Waals surface area contributed by atoms with Crippen LogP contribution in [0.25, 0.3) is 0 Å². The molecule has 1 aliphatic rings. The van der Waals surface area contributed by atoms with Crippen molar-refractivity contribution >= 4 is 11.7 Å². The summed E-state index contributed by atoms with van der Waals surface area (Å²) in [5, 5.41) is 13.8. The summed E-state index contributed by atoms with van der Waals surface area (Å²) < 4.78 is 0. The van der Waals surface area contributed by atoms with Crippen molar-refractivity contribution in [3.8, 4) is 0 Å². The predicted octanol–water partition coefficient (Wildman–Crippen LogP) is 1.44. The fourth-order valence-corrected chi connectivity index (χ4v) is 1.85. The minimum Gasteiger partial charge on any atom is -0.369 e. The smallest absolute Gasteiger partial charge is 0.272 e. The van der Waals surface area contributed by atoms with Crippen molar-refractivity contribution in [2.75, 3.05) is 11.9 Å². The van der Waals surface area contributed by atoms with E-state index in [0.717, 1.165) is 19.4 Å². The topological polar surface area (TPSA) is 66.9 Å². The van der Waals surface area contributed by atoms with Gasteiger partial charge in [-0.15, -0.1) is 10.2 Å². The van der Waals surface area contributed by atoms with E-state index in [1.165, 1.54) is 0 Å². The van der Waals surface area contributed by atoms with Gasteiger partial charge < -0.3 is 10.6 Å². The Kier molecular flexibility index (Phi) is 3.56. The van der Waals surface area contributed by atoms with Gasteiger partial charge in [0.1, 0.15) is 5.82 Å². The second-order valence-corrected chi connectivity index (χ2v) is 4.32. The Balaban J connectivity index is 1.90. The maximum absolute atomic E-state index is 11.8. The number of rotatable bonds is 5. The molecule has 0 aromatic carbocycles. The number of carbonyl (C=O) groups is 1. The first-order valence-corrected chi connectivity index (χ1v) is 6.13. The standard InChI is InChI=1S/C12H18N4O/c1-3-8-7-10(8)14-12(17)9-5-6-11(13-4-2)16-15-9/h5-6,8,10H,3-4,7H2,1-2H3,(H,13,16)(H,14,17). The molecule has 1 aromatic rings. The Morgan fingerprint density at radius 1 is 1.41 bits per heavy atom. The van der Waals surface area contributed by atoms with Crippen LogP contribution < -0.4 is 10.6 Å². The van der Waals surface area contributed by atoms with E-state index in [-0.39, 0.29) is 5.91 Å². The zero-order valence-corrected chi connectivity index (χ0v) is 10.2. The fourth-order valence-electron chi connectivity index (χ4n) is 1.85. The molecule has 1 amide bonds. The normalized spacial score (nSPS) is 22.0. The van der Waals surface area contributed by atoms with Crippen LogP contribution in [0.1, 0.15) is 37.2 Å². The summed E-state index contributed by atoms with van der Waals surface area (Å²) in [5.41, 5.74) is 0.383. The van der Waals surface area contributed by atoms with Gasteiger partial charge in [0.05, 0.1) is 0 Å². The van der Waals surface area contributed by atoms with Crippen molar-refractivity contribution in [2.24, 2.45) is 5.92 Å². The molecule has 1 heterocycles. The van der Waals surface area contributed by atoms with Crippen LogP contribution in [0, 0.1) is 5.92 Å². The van der Waals surface area contributed by atoms with Crippen molar-refractivity contribution in [3.05, 3.63) is 17.8 Å². The summed E-state index contributed by atoms with van der Waals surface area (Å²) >= 11 is 0. The maximum Gasteiger partial charge on any atom is 0.272 e. The highest BCUT2D eigenvalue weighted by molar-refractivity contribution is 5.92. The Morgan fingerprint density at radius 2 is 2.24 bits per heavy atom. The second-order valence-electron chi connectivity index (χ2n) is 4.32. The van der Waals surface area contributed by atoms with Crippen LogP contribution in [0.3, 0.4) is 0 Å². The van der Waals surface area contributed by atoms with E-state index < -0.39 is 0 Å². The molecule has 1 aromatic heterocycles. The van der Waals surface area contributed by atoms with Crippen LogP contribution in [0.4, 0.5) is 5.82 Å². The Hall–Kier alpha value is -1.65. The van der Waals surface area contributed by atoms with Gasteiger partial charge in [0.15, 0.2) is 5.69 Å². The number of nitrogens with zero attached hydrogens (tertiary/aromatic N) is 2. The molecule has 92 valence electrons. The van der Waals surface area contributed by atoms with Crippen LogP contribution in [-0.4, -0.2) is 28.7 Å². The van der Waals surface area contributed by atoms with E-state index in [0.29, 0.717) is 23.5 Å². The monoisotopic (exact) mass is 234 g/mol. The van der Waals surface area contributed by atoms with Crippen LogP contribution in [-0.2, 0) is 0 Å². The van der Waals surface area contributed by atoms with Crippen LogP contribution >= 0.6 is 0 Å². The predicted molar refractivity (Wildman–Crippen MR) is 65.8 cm³/mol. The molecule has 1 aliphatic carbocycles. The molecule has 2 N–H and O–H groups in total. The number of carbonyl (C=O) groups excluding carboxylic acids is 1. The van der Waals surface area contributed by atoms with Gasteiger partial charge in [0.25, 0.3) is 5.91 Å². The lowest BCUT2D eigenvalue weighted by atomic mass is 10.3. The van der Waals surface area contributed by atoms with Gasteiger partial charge in [-0.2, -0.15) is 0 Å². The molecular weight excluding hydrogens is 216 g/mol. The number of hydrogen-bond donors (Lipinski definition) is 2. The summed E-state index contributed by atoms with van der Waals surface area (Å²) in [5.74, 6) is 1.22. The molecule has 0 spiro atoms. The van der Waals surface area contributed by atoms with Crippen LogP contribution in [0.15, 0.2) is 12.1 Å². The third kappa shape index (κ3) is 2.93. The Bertz CT molecular complexity index is 390. The van der Waals surface area contributed by atoms with E-state index in [2.05, 4.69) is 27.8 Å². The minimum atomic E-state index is -0.124. The van der Waals surface area contributed by atoms with Gasteiger partial charge in [-0.25, -0.2) is 0 Å². The van der Waals surface area contributed by atoms with Gasteiger partial charge in [-0.05, 0) is 31.4 Å². The van der Waals surface area contributed by atoms with Crippen molar-refractivity contribution in [3.63, 3.8) is 0 Å². The van der Waals surface area contributed by atoms with Gasteiger partial charge in [-0.1, -0.05) is 13.3 Å². The van der Waals surface area contributed by atoms with E-state index in [9.17, 15) is 4.79 Å². The highest BCUT2D eigenvalue weighted by Gasteiger charge is 2.36. The van der Waals surface area contributed by atoms with E-state index >= 15 is 0 Å². The lowest BCUT2D eigenvalue weighted by molar-refractivity contribution is 0.0943. The lowest BCUT2D eigenvalue weighted by Gasteiger charge is -2.04. The van der Waals surface area contributed by atoms with E-state index in [1.807, 2.05) is 6.92 Å². The molecule has 0 saturated heterocycles. The highest BCUT2D eigenvalue weighted by atomic mass is 16.2. The number of nitrogens with one attached hydrogen (secondary N) is 2. The first kappa shape index (κ1) is 11.8. The molecule has 2 atom stereocenters. The third-order valence-electron chi connectivity index (χ3n) is 3.02. The van der Waals surface area contributed by atoms with Crippen LogP contribution in [0.5, 0.6) is 0 Å². The molecule has 5 heteroatoms. The Morgan fingerprint density at radius 3 is 2.76 bits per heavy atom. The third-order valence-corrected chi connectivity index (χ3v) is 3.02. The Labute approximate surface area is 101 Å². The minimum absolute atomic E-state index is 0.124. The average Bonchev–Trinajstić information content (AvgIpc) is 3.09. The van der Waals surface area contributed by atoms with E-state index in [4.69, 9.17) is 0 Å².